The first-order valence-corrected chi connectivity index (χ1v) is 12.1. The molecule has 1 saturated heterocycles. The number of aryl methyl sites for hydroxylation is 1. The minimum atomic E-state index is 0.145. The van der Waals surface area contributed by atoms with Gasteiger partial charge in [0.15, 0.2) is 5.65 Å². The number of benzene rings is 2. The molecule has 4 aromatic rings. The third-order valence-electron chi connectivity index (χ3n) is 6.38. The van der Waals surface area contributed by atoms with Crippen LogP contribution < -0.4 is 9.64 Å². The highest BCUT2D eigenvalue weighted by atomic mass is 16.5. The van der Waals surface area contributed by atoms with Crippen molar-refractivity contribution in [3.05, 3.63) is 72.2 Å². The average Bonchev–Trinajstić information content (AvgIpc) is 3.33. The molecule has 35 heavy (non-hydrogen) atoms. The summed E-state index contributed by atoms with van der Waals surface area (Å²) in [5, 5.41) is 5.58. The predicted molar refractivity (Wildman–Crippen MR) is 136 cm³/mol. The minimum Gasteiger partial charge on any atom is -0.497 e. The van der Waals surface area contributed by atoms with E-state index in [1.807, 2.05) is 70.4 Å². The summed E-state index contributed by atoms with van der Waals surface area (Å²) in [6, 6.07) is 17.7. The number of hydrogen-bond donors (Lipinski definition) is 0. The number of nitrogens with zero attached hydrogens (tertiary/aromatic N) is 6. The zero-order valence-electron chi connectivity index (χ0n) is 20.2. The highest BCUT2D eigenvalue weighted by Gasteiger charge is 2.25. The molecule has 8 heteroatoms. The van der Waals surface area contributed by atoms with Crippen LogP contribution in [0.4, 0.5) is 5.82 Å². The molecule has 0 bridgehead atoms. The summed E-state index contributed by atoms with van der Waals surface area (Å²) in [6.45, 7) is 4.91. The van der Waals surface area contributed by atoms with Gasteiger partial charge in [0.05, 0.1) is 30.8 Å². The van der Waals surface area contributed by atoms with Gasteiger partial charge in [0, 0.05) is 32.6 Å². The number of carbonyl (C=O) groups excluding carboxylic acids is 1. The van der Waals surface area contributed by atoms with E-state index in [4.69, 9.17) is 14.7 Å². The monoisotopic (exact) mass is 470 g/mol. The third-order valence-corrected chi connectivity index (χ3v) is 6.38. The van der Waals surface area contributed by atoms with E-state index >= 15 is 0 Å². The molecular formula is C27H30N6O2. The summed E-state index contributed by atoms with van der Waals surface area (Å²) in [4.78, 5) is 26.9. The van der Waals surface area contributed by atoms with Crippen LogP contribution in [-0.4, -0.2) is 63.8 Å². The number of fused-ring (bicyclic) bond motifs is 1. The lowest BCUT2D eigenvalue weighted by Crippen LogP contribution is -2.49. The lowest BCUT2D eigenvalue weighted by Gasteiger charge is -2.35. The van der Waals surface area contributed by atoms with E-state index in [-0.39, 0.29) is 5.91 Å². The van der Waals surface area contributed by atoms with Crippen LogP contribution in [0.2, 0.25) is 0 Å². The average molecular weight is 471 g/mol. The Balaban J connectivity index is 1.34. The van der Waals surface area contributed by atoms with Crippen molar-refractivity contribution in [2.45, 2.75) is 26.2 Å². The molecule has 8 nitrogen and oxygen atoms in total. The highest BCUT2D eigenvalue weighted by Crippen LogP contribution is 2.27. The topological polar surface area (TPSA) is 76.4 Å². The van der Waals surface area contributed by atoms with Crippen molar-refractivity contribution in [2.24, 2.45) is 0 Å². The maximum absolute atomic E-state index is 12.9. The fraction of sp³-hybridized carbons (Fsp3) is 0.333. The zero-order chi connectivity index (χ0) is 24.2. The number of carbonyl (C=O) groups is 1. The van der Waals surface area contributed by atoms with Gasteiger partial charge in [-0.3, -0.25) is 4.79 Å². The van der Waals surface area contributed by atoms with Crippen molar-refractivity contribution in [1.29, 1.82) is 0 Å². The second-order valence-corrected chi connectivity index (χ2v) is 8.74. The van der Waals surface area contributed by atoms with Gasteiger partial charge in [0.25, 0.3) is 0 Å². The fourth-order valence-electron chi connectivity index (χ4n) is 4.47. The molecule has 0 N–H and O–H groups in total. The summed E-state index contributed by atoms with van der Waals surface area (Å²) < 4.78 is 7.09. The van der Waals surface area contributed by atoms with Gasteiger partial charge < -0.3 is 14.5 Å². The first-order valence-electron chi connectivity index (χ1n) is 12.1. The third kappa shape index (κ3) is 4.82. The van der Waals surface area contributed by atoms with Gasteiger partial charge in [-0.1, -0.05) is 37.3 Å². The van der Waals surface area contributed by atoms with Gasteiger partial charge in [0.1, 0.15) is 17.4 Å². The number of rotatable bonds is 7. The SMILES string of the molecule is CCCc1nc(N2CCN(C(=O)Cc3ccc(OC)cc3)CC2)c2cnn(-c3ccccc3)c2n1. The number of methoxy groups -OCH3 is 1. The molecule has 1 aliphatic rings. The molecule has 1 fully saturated rings. The number of para-hydroxylation sites is 1. The summed E-state index contributed by atoms with van der Waals surface area (Å²) in [6.07, 6.45) is 4.03. The zero-order valence-corrected chi connectivity index (χ0v) is 20.2. The minimum absolute atomic E-state index is 0.145. The van der Waals surface area contributed by atoms with Crippen molar-refractivity contribution < 1.29 is 9.53 Å². The summed E-state index contributed by atoms with van der Waals surface area (Å²) in [5.74, 6) is 2.67. The van der Waals surface area contributed by atoms with Crippen LogP contribution in [0.1, 0.15) is 24.7 Å². The first-order chi connectivity index (χ1) is 17.2. The van der Waals surface area contributed by atoms with Gasteiger partial charge in [-0.15, -0.1) is 0 Å². The van der Waals surface area contributed by atoms with E-state index in [0.717, 1.165) is 65.6 Å². The normalized spacial score (nSPS) is 13.9. The molecule has 0 radical (unpaired) electrons. The molecule has 5 rings (SSSR count). The van der Waals surface area contributed by atoms with E-state index in [0.29, 0.717) is 19.5 Å². The number of anilines is 1. The molecule has 180 valence electrons. The standard InChI is InChI=1S/C27H30N6O2/c1-3-7-24-29-26(23-19-28-33(27(23)30-24)21-8-5-4-6-9-21)32-16-14-31(15-17-32)25(34)18-20-10-12-22(35-2)13-11-20/h4-6,8-13,19H,3,7,14-18H2,1-2H3. The van der Waals surface area contributed by atoms with Crippen LogP contribution in [0.3, 0.4) is 0 Å². The summed E-state index contributed by atoms with van der Waals surface area (Å²) in [7, 11) is 1.64. The van der Waals surface area contributed by atoms with E-state index < -0.39 is 0 Å². The number of hydrogen-bond acceptors (Lipinski definition) is 6. The Morgan fingerprint density at radius 2 is 1.71 bits per heavy atom. The van der Waals surface area contributed by atoms with Crippen LogP contribution in [0, 0.1) is 0 Å². The van der Waals surface area contributed by atoms with Gasteiger partial charge in [-0.2, -0.15) is 5.10 Å². The van der Waals surface area contributed by atoms with Crippen molar-refractivity contribution in [3.8, 4) is 11.4 Å². The van der Waals surface area contributed by atoms with Gasteiger partial charge in [-0.05, 0) is 36.2 Å². The maximum Gasteiger partial charge on any atom is 0.227 e. The van der Waals surface area contributed by atoms with Crippen LogP contribution >= 0.6 is 0 Å². The lowest BCUT2D eigenvalue weighted by atomic mass is 10.1. The lowest BCUT2D eigenvalue weighted by molar-refractivity contribution is -0.130. The number of aromatic nitrogens is 4. The van der Waals surface area contributed by atoms with E-state index in [9.17, 15) is 4.79 Å². The maximum atomic E-state index is 12.9. The molecule has 1 aliphatic heterocycles. The van der Waals surface area contributed by atoms with Gasteiger partial charge >= 0.3 is 0 Å². The van der Waals surface area contributed by atoms with Crippen molar-refractivity contribution in [1.82, 2.24) is 24.6 Å². The predicted octanol–water partition coefficient (Wildman–Crippen LogP) is 3.67. The fourth-order valence-corrected chi connectivity index (χ4v) is 4.47. The van der Waals surface area contributed by atoms with Crippen LogP contribution in [0.15, 0.2) is 60.8 Å². The van der Waals surface area contributed by atoms with Crippen molar-refractivity contribution in [2.75, 3.05) is 38.2 Å². The molecule has 2 aromatic carbocycles. The Labute approximate surface area is 205 Å². The summed E-state index contributed by atoms with van der Waals surface area (Å²) >= 11 is 0. The van der Waals surface area contributed by atoms with Crippen LogP contribution in [0.25, 0.3) is 16.7 Å². The quantitative estimate of drug-likeness (QED) is 0.410. The Bertz CT molecular complexity index is 1290. The Morgan fingerprint density at radius 3 is 2.40 bits per heavy atom. The number of piperazine rings is 1. The Kier molecular flexibility index (Phi) is 6.61. The Hall–Kier alpha value is -3.94. The Morgan fingerprint density at radius 1 is 0.971 bits per heavy atom. The van der Waals surface area contributed by atoms with Gasteiger partial charge in [0.2, 0.25) is 5.91 Å². The van der Waals surface area contributed by atoms with Crippen molar-refractivity contribution in [3.63, 3.8) is 0 Å². The molecule has 0 unspecified atom stereocenters. The second-order valence-electron chi connectivity index (χ2n) is 8.74. The van der Waals surface area contributed by atoms with E-state index in [2.05, 4.69) is 16.9 Å². The van der Waals surface area contributed by atoms with E-state index in [1.54, 1.807) is 7.11 Å². The molecule has 2 aromatic heterocycles. The number of amides is 1. The molecule has 0 aliphatic carbocycles. The smallest absolute Gasteiger partial charge is 0.227 e. The van der Waals surface area contributed by atoms with E-state index in [1.165, 1.54) is 0 Å². The molecule has 0 saturated carbocycles. The van der Waals surface area contributed by atoms with Crippen LogP contribution in [0.5, 0.6) is 5.75 Å². The molecular weight excluding hydrogens is 440 g/mol. The molecule has 0 spiro atoms. The molecule has 0 atom stereocenters. The van der Waals surface area contributed by atoms with Crippen molar-refractivity contribution >= 4 is 22.8 Å². The summed E-state index contributed by atoms with van der Waals surface area (Å²) in [5.41, 5.74) is 2.79. The molecule has 3 heterocycles. The molecule has 1 amide bonds. The first kappa shape index (κ1) is 22.8. The largest absolute Gasteiger partial charge is 0.497 e. The highest BCUT2D eigenvalue weighted by molar-refractivity contribution is 5.88. The van der Waals surface area contributed by atoms with Gasteiger partial charge in [-0.25, -0.2) is 14.6 Å². The number of ether oxygens (including phenoxy) is 1. The van der Waals surface area contributed by atoms with Crippen LogP contribution in [-0.2, 0) is 17.6 Å². The second kappa shape index (κ2) is 10.1.